The van der Waals surface area contributed by atoms with Gasteiger partial charge < -0.3 is 0 Å². The zero-order valence-corrected chi connectivity index (χ0v) is 6.43. The molecule has 1 fully saturated rings. The van der Waals surface area contributed by atoms with Gasteiger partial charge >= 0.3 is 0 Å². The summed E-state index contributed by atoms with van der Waals surface area (Å²) in [6, 6.07) is 0. The molecule has 0 atom stereocenters. The van der Waals surface area contributed by atoms with Crippen LogP contribution >= 0.6 is 0 Å². The van der Waals surface area contributed by atoms with Crippen LogP contribution in [0.3, 0.4) is 0 Å². The molecular weight excluding hydrogens is 108 g/mol. The Kier molecular flexibility index (Phi) is 2.32. The Labute approximate surface area is 58.0 Å². The molecule has 0 amide bonds. The largest absolute Gasteiger partial charge is 0.0880 e. The predicted octanol–water partition coefficient (Wildman–Crippen LogP) is 3.00. The quantitative estimate of drug-likeness (QED) is 0.507. The lowest BCUT2D eigenvalue weighted by Crippen LogP contribution is -1.77. The van der Waals surface area contributed by atoms with Gasteiger partial charge in [0.25, 0.3) is 0 Å². The molecule has 0 saturated heterocycles. The zero-order valence-electron chi connectivity index (χ0n) is 6.43. The van der Waals surface area contributed by atoms with Crippen LogP contribution in [0.4, 0.5) is 0 Å². The Morgan fingerprint density at radius 3 is 2.56 bits per heavy atom. The maximum absolute atomic E-state index is 2.34. The van der Waals surface area contributed by atoms with Crippen LogP contribution in [0.2, 0.25) is 0 Å². The highest BCUT2D eigenvalue weighted by atomic mass is 14.2. The number of hydrogen-bond donors (Lipinski definition) is 0. The molecule has 9 heavy (non-hydrogen) atoms. The van der Waals surface area contributed by atoms with Crippen molar-refractivity contribution in [1.29, 1.82) is 0 Å². The standard InChI is InChI=1S/C9H16/c1-8(2)4-3-5-9-6-7-9/h3-4,8-9H,5-7H2,1-2H3. The summed E-state index contributed by atoms with van der Waals surface area (Å²) < 4.78 is 0. The zero-order chi connectivity index (χ0) is 6.69. The van der Waals surface area contributed by atoms with Crippen molar-refractivity contribution in [3.05, 3.63) is 12.2 Å². The lowest BCUT2D eigenvalue weighted by atomic mass is 10.2. The van der Waals surface area contributed by atoms with Crippen LogP contribution in [0, 0.1) is 11.8 Å². The molecular formula is C9H16. The lowest BCUT2D eigenvalue weighted by Gasteiger charge is -1.91. The van der Waals surface area contributed by atoms with E-state index in [0.717, 1.165) is 11.8 Å². The van der Waals surface area contributed by atoms with Crippen LogP contribution in [0.5, 0.6) is 0 Å². The molecule has 0 aromatic carbocycles. The molecule has 0 bridgehead atoms. The van der Waals surface area contributed by atoms with Crippen LogP contribution in [0.15, 0.2) is 12.2 Å². The summed E-state index contributed by atoms with van der Waals surface area (Å²) in [6.07, 6.45) is 8.92. The van der Waals surface area contributed by atoms with Crippen LogP contribution in [-0.4, -0.2) is 0 Å². The van der Waals surface area contributed by atoms with E-state index in [9.17, 15) is 0 Å². The van der Waals surface area contributed by atoms with Gasteiger partial charge in [0.15, 0.2) is 0 Å². The maximum atomic E-state index is 2.34. The third kappa shape index (κ3) is 3.34. The molecule has 1 aliphatic rings. The van der Waals surface area contributed by atoms with Gasteiger partial charge in [0, 0.05) is 0 Å². The minimum absolute atomic E-state index is 0.740. The summed E-state index contributed by atoms with van der Waals surface area (Å²) in [6.45, 7) is 4.45. The summed E-state index contributed by atoms with van der Waals surface area (Å²) >= 11 is 0. The van der Waals surface area contributed by atoms with E-state index in [-0.39, 0.29) is 0 Å². The van der Waals surface area contributed by atoms with Gasteiger partial charge in [-0.25, -0.2) is 0 Å². The highest BCUT2D eigenvalue weighted by molar-refractivity contribution is 4.89. The average Bonchev–Trinajstić information content (AvgIpc) is 2.48. The van der Waals surface area contributed by atoms with E-state index in [1.807, 2.05) is 0 Å². The minimum atomic E-state index is 0.740. The van der Waals surface area contributed by atoms with Crippen LogP contribution in [0.1, 0.15) is 33.1 Å². The van der Waals surface area contributed by atoms with Crippen molar-refractivity contribution in [2.24, 2.45) is 11.8 Å². The predicted molar refractivity (Wildman–Crippen MR) is 41.3 cm³/mol. The Balaban J connectivity index is 2.01. The van der Waals surface area contributed by atoms with Gasteiger partial charge in [0.1, 0.15) is 0 Å². The molecule has 0 radical (unpaired) electrons. The smallest absolute Gasteiger partial charge is 0.0290 e. The van der Waals surface area contributed by atoms with Crippen molar-refractivity contribution in [3.63, 3.8) is 0 Å². The van der Waals surface area contributed by atoms with Crippen molar-refractivity contribution in [3.8, 4) is 0 Å². The molecule has 0 aliphatic heterocycles. The third-order valence-electron chi connectivity index (χ3n) is 1.69. The first-order valence-corrected chi connectivity index (χ1v) is 3.95. The normalized spacial score (nSPS) is 19.9. The number of allylic oxidation sites excluding steroid dienone is 2. The van der Waals surface area contributed by atoms with Gasteiger partial charge in [-0.2, -0.15) is 0 Å². The molecule has 0 nitrogen and oxygen atoms in total. The fraction of sp³-hybridized carbons (Fsp3) is 0.778. The molecule has 0 aromatic heterocycles. The van der Waals surface area contributed by atoms with Gasteiger partial charge in [-0.1, -0.05) is 26.0 Å². The van der Waals surface area contributed by atoms with Crippen LogP contribution in [-0.2, 0) is 0 Å². The van der Waals surface area contributed by atoms with E-state index in [4.69, 9.17) is 0 Å². The average molecular weight is 124 g/mol. The van der Waals surface area contributed by atoms with Gasteiger partial charge in [-0.05, 0) is 31.1 Å². The topological polar surface area (TPSA) is 0 Å². The Bertz CT molecular complexity index is 96.6. The summed E-state index contributed by atoms with van der Waals surface area (Å²) in [5.74, 6) is 1.80. The van der Waals surface area contributed by atoms with E-state index < -0.39 is 0 Å². The molecule has 0 aromatic rings. The Morgan fingerprint density at radius 2 is 2.11 bits per heavy atom. The molecule has 52 valence electrons. The van der Waals surface area contributed by atoms with Crippen LogP contribution in [0.25, 0.3) is 0 Å². The molecule has 0 heteroatoms. The third-order valence-corrected chi connectivity index (χ3v) is 1.69. The number of hydrogen-bond acceptors (Lipinski definition) is 0. The highest BCUT2D eigenvalue weighted by Gasteiger charge is 2.18. The van der Waals surface area contributed by atoms with Crippen molar-refractivity contribution >= 4 is 0 Å². The molecule has 0 unspecified atom stereocenters. The molecule has 1 rings (SSSR count). The molecule has 0 spiro atoms. The van der Waals surface area contributed by atoms with E-state index in [2.05, 4.69) is 26.0 Å². The summed E-state index contributed by atoms with van der Waals surface area (Å²) in [4.78, 5) is 0. The first-order valence-electron chi connectivity index (χ1n) is 3.95. The van der Waals surface area contributed by atoms with Crippen LogP contribution < -0.4 is 0 Å². The summed E-state index contributed by atoms with van der Waals surface area (Å²) in [7, 11) is 0. The lowest BCUT2D eigenvalue weighted by molar-refractivity contribution is 0.803. The fourth-order valence-corrected chi connectivity index (χ4v) is 0.897. The molecule has 0 heterocycles. The van der Waals surface area contributed by atoms with E-state index in [1.165, 1.54) is 19.3 Å². The minimum Gasteiger partial charge on any atom is -0.0880 e. The SMILES string of the molecule is CC(C)C=CCC1CC1. The van der Waals surface area contributed by atoms with Crippen molar-refractivity contribution in [2.75, 3.05) is 0 Å². The van der Waals surface area contributed by atoms with Crippen molar-refractivity contribution in [2.45, 2.75) is 33.1 Å². The van der Waals surface area contributed by atoms with E-state index in [0.29, 0.717) is 0 Å². The second-order valence-corrected chi connectivity index (χ2v) is 3.35. The van der Waals surface area contributed by atoms with Gasteiger partial charge in [0.05, 0.1) is 0 Å². The summed E-state index contributed by atoms with van der Waals surface area (Å²) in [5, 5.41) is 0. The van der Waals surface area contributed by atoms with Gasteiger partial charge in [-0.15, -0.1) is 0 Å². The number of rotatable bonds is 3. The first-order chi connectivity index (χ1) is 4.29. The molecule has 0 N–H and O–H groups in total. The second-order valence-electron chi connectivity index (χ2n) is 3.35. The van der Waals surface area contributed by atoms with Gasteiger partial charge in [-0.3, -0.25) is 0 Å². The van der Waals surface area contributed by atoms with E-state index in [1.54, 1.807) is 0 Å². The van der Waals surface area contributed by atoms with Gasteiger partial charge in [0.2, 0.25) is 0 Å². The maximum Gasteiger partial charge on any atom is -0.0290 e. The Morgan fingerprint density at radius 1 is 1.44 bits per heavy atom. The highest BCUT2D eigenvalue weighted by Crippen LogP contribution is 2.32. The van der Waals surface area contributed by atoms with Crippen molar-refractivity contribution in [1.82, 2.24) is 0 Å². The summed E-state index contributed by atoms with van der Waals surface area (Å²) in [5.41, 5.74) is 0. The first kappa shape index (κ1) is 6.85. The second kappa shape index (κ2) is 3.05. The van der Waals surface area contributed by atoms with E-state index >= 15 is 0 Å². The van der Waals surface area contributed by atoms with Crippen molar-refractivity contribution < 1.29 is 0 Å². The Hall–Kier alpha value is -0.260. The fourth-order valence-electron chi connectivity index (χ4n) is 0.897. The molecule has 1 saturated carbocycles. The monoisotopic (exact) mass is 124 g/mol. The molecule has 1 aliphatic carbocycles.